The Bertz CT molecular complexity index is 1810. The Balaban J connectivity index is 0.860. The van der Waals surface area contributed by atoms with Gasteiger partial charge in [-0.05, 0) is 70.9 Å². The summed E-state index contributed by atoms with van der Waals surface area (Å²) in [6.45, 7) is 9.40. The molecule has 3 aromatic rings. The van der Waals surface area contributed by atoms with Crippen molar-refractivity contribution in [3.8, 4) is 5.75 Å². The molecule has 0 spiro atoms. The molecule has 41 heavy (non-hydrogen) atoms. The monoisotopic (exact) mass is 549 g/mol. The van der Waals surface area contributed by atoms with Gasteiger partial charge in [-0.1, -0.05) is 25.3 Å². The highest BCUT2D eigenvalue weighted by Gasteiger charge is 3.12. The van der Waals surface area contributed by atoms with Gasteiger partial charge in [-0.15, -0.1) is 0 Å². The van der Waals surface area contributed by atoms with Crippen LogP contribution in [0.4, 0.5) is 5.69 Å². The lowest BCUT2D eigenvalue weighted by Crippen LogP contribution is -3.11. The number of amides is 1. The van der Waals surface area contributed by atoms with Crippen LogP contribution >= 0.6 is 0 Å². The topological polar surface area (TPSA) is 145 Å². The Hall–Kier alpha value is -4.60. The molecule has 2 aromatic carbocycles. The van der Waals surface area contributed by atoms with Crippen LogP contribution in [0.25, 0.3) is 16.6 Å². The molecule has 7 aliphatic rings. The van der Waals surface area contributed by atoms with Crippen LogP contribution in [0.3, 0.4) is 0 Å². The molecule has 0 saturated heterocycles. The molecule has 0 unspecified atom stereocenters. The lowest BCUT2D eigenvalue weighted by Gasteiger charge is -3.10. The summed E-state index contributed by atoms with van der Waals surface area (Å²) in [6, 6.07) is 11.2. The number of carbonyl (C=O) groups excluding carboxylic acids is 1. The Morgan fingerprint density at radius 2 is 1.63 bits per heavy atom. The largest absolute Gasteiger partial charge is 0.482 e. The quantitative estimate of drug-likeness (QED) is 0.274. The SMILES string of the molecule is C=C(NCc1ccc2c(c1)NC(=O)CO2)c1nc2ccc(CNC(=C)C34C5C6C3C3C4C5C63C(=O)O)cc2c(=O)[nH]1. The van der Waals surface area contributed by atoms with Crippen molar-refractivity contribution in [1.82, 2.24) is 20.6 Å². The summed E-state index contributed by atoms with van der Waals surface area (Å²) in [5.41, 5.74) is 4.08. The number of hydrogen-bond donors (Lipinski definition) is 5. The van der Waals surface area contributed by atoms with Gasteiger partial charge in [0.1, 0.15) is 5.75 Å². The number of fused-ring (bicyclic) bond motifs is 2. The van der Waals surface area contributed by atoms with Crippen LogP contribution in [0.1, 0.15) is 17.0 Å². The predicted octanol–water partition coefficient (Wildman–Crippen LogP) is 2.44. The smallest absolute Gasteiger partial charge is 0.310 e. The molecule has 10 rings (SSSR count). The summed E-state index contributed by atoms with van der Waals surface area (Å²) in [5, 5.41) is 19.7. The van der Waals surface area contributed by atoms with E-state index in [-0.39, 0.29) is 28.9 Å². The minimum atomic E-state index is -0.577. The number of carboxylic acid groups (broad SMARTS) is 1. The maximum atomic E-state index is 13.0. The van der Waals surface area contributed by atoms with Crippen LogP contribution in [0.15, 0.2) is 60.0 Å². The van der Waals surface area contributed by atoms with Crippen LogP contribution in [0.5, 0.6) is 5.75 Å². The first kappa shape index (κ1) is 23.1. The molecule has 6 saturated carbocycles. The molecule has 206 valence electrons. The van der Waals surface area contributed by atoms with Crippen molar-refractivity contribution in [2.24, 2.45) is 46.3 Å². The zero-order valence-electron chi connectivity index (χ0n) is 22.0. The first-order chi connectivity index (χ1) is 19.8. The fourth-order valence-corrected chi connectivity index (χ4v) is 9.89. The van der Waals surface area contributed by atoms with Crippen molar-refractivity contribution in [3.63, 3.8) is 0 Å². The van der Waals surface area contributed by atoms with E-state index in [1.807, 2.05) is 36.4 Å². The van der Waals surface area contributed by atoms with Crippen LogP contribution in [0, 0.1) is 46.3 Å². The van der Waals surface area contributed by atoms with Crippen molar-refractivity contribution in [1.29, 1.82) is 0 Å². The van der Waals surface area contributed by atoms with Crippen LogP contribution in [-0.4, -0.2) is 33.6 Å². The molecule has 10 heteroatoms. The van der Waals surface area contributed by atoms with Crippen molar-refractivity contribution >= 4 is 34.2 Å². The van der Waals surface area contributed by atoms with Gasteiger partial charge in [0.15, 0.2) is 12.4 Å². The second kappa shape index (κ2) is 7.18. The number of aliphatic carboxylic acids is 1. The van der Waals surface area contributed by atoms with E-state index in [1.165, 1.54) is 0 Å². The van der Waals surface area contributed by atoms with Gasteiger partial charge in [0.2, 0.25) is 0 Å². The van der Waals surface area contributed by atoms with Gasteiger partial charge in [-0.25, -0.2) is 4.98 Å². The minimum Gasteiger partial charge on any atom is -0.482 e. The van der Waals surface area contributed by atoms with Gasteiger partial charge in [0, 0.05) is 24.2 Å². The molecule has 1 amide bonds. The molecule has 2 heterocycles. The summed E-state index contributed by atoms with van der Waals surface area (Å²) in [7, 11) is 0. The molecule has 6 fully saturated rings. The zero-order chi connectivity index (χ0) is 28.0. The highest BCUT2D eigenvalue weighted by molar-refractivity contribution is 5.95. The zero-order valence-corrected chi connectivity index (χ0v) is 22.0. The average molecular weight is 550 g/mol. The fourth-order valence-electron chi connectivity index (χ4n) is 9.89. The number of nitrogens with zero attached hydrogens (tertiary/aromatic N) is 1. The third-order valence-electron chi connectivity index (χ3n) is 11.3. The van der Waals surface area contributed by atoms with Crippen molar-refractivity contribution in [3.05, 3.63) is 82.6 Å². The number of anilines is 1. The number of rotatable bonds is 9. The molecule has 6 aliphatic carbocycles. The average Bonchev–Trinajstić information content (AvgIpc) is 2.98. The Morgan fingerprint density at radius 1 is 0.976 bits per heavy atom. The summed E-state index contributed by atoms with van der Waals surface area (Å²) in [5.74, 6) is 2.85. The molecular weight excluding hydrogens is 522 g/mol. The molecule has 1 aromatic heterocycles. The van der Waals surface area contributed by atoms with E-state index in [0.717, 1.165) is 16.8 Å². The molecule has 5 N–H and O–H groups in total. The first-order valence-corrected chi connectivity index (χ1v) is 14.0. The number of aromatic nitrogens is 2. The van der Waals surface area contributed by atoms with E-state index in [4.69, 9.17) is 4.74 Å². The van der Waals surface area contributed by atoms with Gasteiger partial charge < -0.3 is 30.8 Å². The Labute approximate surface area is 233 Å². The molecular formula is C31H27N5O5. The number of ether oxygens (including phenoxy) is 1. The fraction of sp³-hybridized carbons (Fsp3) is 0.355. The lowest BCUT2D eigenvalue weighted by atomic mass is 8.92. The van der Waals surface area contributed by atoms with Crippen LogP contribution in [0.2, 0.25) is 0 Å². The third kappa shape index (κ3) is 2.40. The van der Waals surface area contributed by atoms with Gasteiger partial charge in [0.05, 0.1) is 27.7 Å². The van der Waals surface area contributed by atoms with Crippen molar-refractivity contribution in [2.75, 3.05) is 11.9 Å². The number of benzene rings is 2. The highest BCUT2D eigenvalue weighted by Crippen LogP contribution is 3.11. The number of nitrogens with one attached hydrogen (secondary N) is 4. The molecule has 0 atom stereocenters. The second-order valence-electron chi connectivity index (χ2n) is 12.4. The van der Waals surface area contributed by atoms with Gasteiger partial charge in [-0.2, -0.15) is 0 Å². The van der Waals surface area contributed by atoms with E-state index in [0.29, 0.717) is 82.5 Å². The molecule has 1 aliphatic heterocycles. The lowest BCUT2D eigenvalue weighted by molar-refractivity contribution is -0.633. The van der Waals surface area contributed by atoms with E-state index in [9.17, 15) is 19.5 Å². The number of H-pyrrole nitrogens is 1. The van der Waals surface area contributed by atoms with Crippen molar-refractivity contribution < 1.29 is 19.4 Å². The van der Waals surface area contributed by atoms with Crippen LogP contribution in [-0.2, 0) is 22.7 Å². The summed E-state index contributed by atoms with van der Waals surface area (Å²) in [4.78, 5) is 43.9. The maximum absolute atomic E-state index is 13.0. The third-order valence-corrected chi connectivity index (χ3v) is 11.3. The normalized spacial score (nSPS) is 35.1. The summed E-state index contributed by atoms with van der Waals surface area (Å²) in [6.07, 6.45) is 0. The molecule has 0 bridgehead atoms. The highest BCUT2D eigenvalue weighted by atomic mass is 16.5. The number of hydrogen-bond acceptors (Lipinski definition) is 7. The van der Waals surface area contributed by atoms with E-state index >= 15 is 0 Å². The van der Waals surface area contributed by atoms with Crippen LogP contribution < -0.4 is 26.2 Å². The Morgan fingerprint density at radius 3 is 2.37 bits per heavy atom. The molecule has 0 radical (unpaired) electrons. The predicted molar refractivity (Wildman–Crippen MR) is 148 cm³/mol. The summed E-state index contributed by atoms with van der Waals surface area (Å²) < 4.78 is 5.40. The number of aromatic amines is 1. The standard InChI is InChI=1S/C31H27N5O5/c1-12(32-9-15-4-6-19-18(8-15)34-20(37)11-41-19)27-35-17-5-3-14(7-16(17)28(38)36-27)10-33-13(2)30-21-24-22(30)26-23(30)25(21)31(24,26)29(39)40/h3-8,21-26,32-33H,1-2,9-11H2,(H,34,37)(H,39,40)(H,35,36,38). The van der Waals surface area contributed by atoms with E-state index in [1.54, 1.807) is 0 Å². The van der Waals surface area contributed by atoms with E-state index < -0.39 is 5.97 Å². The van der Waals surface area contributed by atoms with E-state index in [2.05, 4.69) is 39.1 Å². The number of allylic oxidation sites excluding steroid dienone is 1. The maximum Gasteiger partial charge on any atom is 0.310 e. The Kier molecular flexibility index (Phi) is 4.05. The minimum absolute atomic E-state index is 0.00943. The van der Waals surface area contributed by atoms with Crippen molar-refractivity contribution in [2.45, 2.75) is 13.1 Å². The first-order valence-electron chi connectivity index (χ1n) is 14.0. The number of carbonyl (C=O) groups is 2. The summed E-state index contributed by atoms with van der Waals surface area (Å²) >= 11 is 0. The second-order valence-corrected chi connectivity index (χ2v) is 12.4. The van der Waals surface area contributed by atoms with Gasteiger partial charge in [0.25, 0.3) is 11.5 Å². The molecule has 10 nitrogen and oxygen atoms in total. The van der Waals surface area contributed by atoms with Gasteiger partial charge in [-0.3, -0.25) is 14.4 Å². The number of carboxylic acids is 1. The van der Waals surface area contributed by atoms with Gasteiger partial charge >= 0.3 is 5.97 Å².